The monoisotopic (exact) mass is 490 g/mol. The fourth-order valence-electron chi connectivity index (χ4n) is 4.28. The molecule has 1 atom stereocenters. The van der Waals surface area contributed by atoms with Gasteiger partial charge < -0.3 is 19.3 Å². The number of carbonyl (C=O) groups is 2. The number of aromatic nitrogens is 2. The Morgan fingerprint density at radius 1 is 1.18 bits per heavy atom. The van der Waals surface area contributed by atoms with E-state index in [4.69, 9.17) is 4.74 Å². The Kier molecular flexibility index (Phi) is 6.60. The van der Waals surface area contributed by atoms with E-state index in [1.165, 1.54) is 14.4 Å². The van der Waals surface area contributed by atoms with Gasteiger partial charge in [-0.25, -0.2) is 13.2 Å². The summed E-state index contributed by atoms with van der Waals surface area (Å²) in [7, 11) is -3.30. The van der Waals surface area contributed by atoms with Gasteiger partial charge in [0.15, 0.2) is 5.69 Å². The number of sulfone groups is 1. The topological polar surface area (TPSA) is 139 Å². The lowest BCUT2D eigenvalue weighted by molar-refractivity contribution is 0.0697. The zero-order valence-corrected chi connectivity index (χ0v) is 19.5. The van der Waals surface area contributed by atoms with Gasteiger partial charge in [-0.15, -0.1) is 0 Å². The molecule has 34 heavy (non-hydrogen) atoms. The van der Waals surface area contributed by atoms with Crippen LogP contribution in [-0.2, 0) is 27.7 Å². The number of carbonyl (C=O) groups excluding carboxylic acids is 2. The molecule has 2 amide bonds. The number of benzene rings is 1. The van der Waals surface area contributed by atoms with Crippen molar-refractivity contribution in [1.29, 1.82) is 0 Å². The summed E-state index contributed by atoms with van der Waals surface area (Å²) in [5, 5.41) is 10.3. The first kappa shape index (κ1) is 23.7. The Bertz CT molecular complexity index is 1260. The Labute approximate surface area is 196 Å². The van der Waals surface area contributed by atoms with E-state index < -0.39 is 39.2 Å². The summed E-state index contributed by atoms with van der Waals surface area (Å²) in [5.41, 5.74) is -0.369. The fourth-order valence-corrected chi connectivity index (χ4v) is 4.83. The standard InChI is InChI=1S/C22H26N4O7S/c1-34(31,32)13-12-24-10-11-26-17(21(24)29)18(27)20(28)23-19(26)16-8-5-9-25(16)22(30)33-14-15-6-3-2-4-7-15/h2-4,6-7,16,27H,5,8-14H2,1H3/t16-/m0/s1. The molecule has 0 spiro atoms. The molecular formula is C22H26N4O7S. The third kappa shape index (κ3) is 4.91. The molecule has 1 N–H and O–H groups in total. The molecule has 4 rings (SSSR count). The number of aromatic hydroxyl groups is 1. The molecular weight excluding hydrogens is 464 g/mol. The molecule has 1 saturated heterocycles. The molecule has 0 radical (unpaired) electrons. The number of amides is 2. The molecule has 1 aromatic carbocycles. The molecule has 12 heteroatoms. The Hall–Kier alpha value is -3.41. The molecule has 1 aromatic heterocycles. The molecule has 182 valence electrons. The summed E-state index contributed by atoms with van der Waals surface area (Å²) in [6.07, 6.45) is 1.69. The van der Waals surface area contributed by atoms with Gasteiger partial charge in [-0.05, 0) is 18.4 Å². The maximum atomic E-state index is 13.0. The van der Waals surface area contributed by atoms with Gasteiger partial charge in [0.25, 0.3) is 5.91 Å². The predicted molar refractivity (Wildman–Crippen MR) is 121 cm³/mol. The van der Waals surface area contributed by atoms with Crippen LogP contribution >= 0.6 is 0 Å². The number of hydrogen-bond acceptors (Lipinski definition) is 8. The van der Waals surface area contributed by atoms with Gasteiger partial charge in [0.1, 0.15) is 22.3 Å². The van der Waals surface area contributed by atoms with E-state index in [0.29, 0.717) is 19.4 Å². The first-order valence-corrected chi connectivity index (χ1v) is 13.0. The van der Waals surface area contributed by atoms with Crippen LogP contribution in [0.15, 0.2) is 35.1 Å². The molecule has 2 aliphatic heterocycles. The number of likely N-dealkylation sites (tertiary alicyclic amines) is 1. The van der Waals surface area contributed by atoms with Crippen molar-refractivity contribution in [2.24, 2.45) is 0 Å². The van der Waals surface area contributed by atoms with Gasteiger partial charge >= 0.3 is 11.7 Å². The van der Waals surface area contributed by atoms with Crippen molar-refractivity contribution in [1.82, 2.24) is 19.4 Å². The summed E-state index contributed by atoms with van der Waals surface area (Å²) < 4.78 is 30.0. The molecule has 1 fully saturated rings. The van der Waals surface area contributed by atoms with Gasteiger partial charge in [-0.1, -0.05) is 30.3 Å². The van der Waals surface area contributed by atoms with Crippen LogP contribution in [0.1, 0.15) is 40.8 Å². The lowest BCUT2D eigenvalue weighted by atomic mass is 10.1. The van der Waals surface area contributed by atoms with Gasteiger partial charge in [0, 0.05) is 32.4 Å². The zero-order valence-electron chi connectivity index (χ0n) is 18.7. The van der Waals surface area contributed by atoms with E-state index in [1.807, 2.05) is 30.3 Å². The molecule has 0 aliphatic carbocycles. The van der Waals surface area contributed by atoms with E-state index in [9.17, 15) is 27.9 Å². The highest BCUT2D eigenvalue weighted by atomic mass is 32.2. The van der Waals surface area contributed by atoms with Crippen LogP contribution in [0.3, 0.4) is 0 Å². The molecule has 11 nitrogen and oxygen atoms in total. The van der Waals surface area contributed by atoms with Gasteiger partial charge in [0.2, 0.25) is 5.75 Å². The number of rotatable bonds is 6. The van der Waals surface area contributed by atoms with Crippen LogP contribution in [-0.4, -0.2) is 76.5 Å². The average Bonchev–Trinajstić information content (AvgIpc) is 3.29. The van der Waals surface area contributed by atoms with Crippen LogP contribution in [0, 0.1) is 0 Å². The Morgan fingerprint density at radius 2 is 1.91 bits per heavy atom. The normalized spacial score (nSPS) is 18.1. The number of ether oxygens (including phenoxy) is 1. The van der Waals surface area contributed by atoms with Crippen molar-refractivity contribution in [2.45, 2.75) is 32.0 Å². The van der Waals surface area contributed by atoms with Crippen LogP contribution in [0.5, 0.6) is 5.75 Å². The largest absolute Gasteiger partial charge is 0.501 e. The SMILES string of the molecule is CS(=O)(=O)CCN1CCn2c([C@@H]3CCCN3C(=O)OCc3ccccc3)nc(=O)c(O)c2C1=O. The molecule has 3 heterocycles. The van der Waals surface area contributed by atoms with Crippen molar-refractivity contribution in [3.05, 3.63) is 57.8 Å². The lowest BCUT2D eigenvalue weighted by Gasteiger charge is -2.33. The number of hydrogen-bond donors (Lipinski definition) is 1. The summed E-state index contributed by atoms with van der Waals surface area (Å²) in [6, 6.07) is 8.64. The number of fused-ring (bicyclic) bond motifs is 1. The maximum absolute atomic E-state index is 13.0. The van der Waals surface area contributed by atoms with Crippen molar-refractivity contribution in [2.75, 3.05) is 31.6 Å². The first-order valence-electron chi connectivity index (χ1n) is 10.9. The maximum Gasteiger partial charge on any atom is 0.410 e. The second-order valence-corrected chi connectivity index (χ2v) is 10.7. The highest BCUT2D eigenvalue weighted by Crippen LogP contribution is 2.33. The van der Waals surface area contributed by atoms with Crippen molar-refractivity contribution >= 4 is 21.8 Å². The minimum Gasteiger partial charge on any atom is -0.501 e. The summed E-state index contributed by atoms with van der Waals surface area (Å²) >= 11 is 0. The molecule has 0 unspecified atom stereocenters. The Balaban J connectivity index is 1.59. The van der Waals surface area contributed by atoms with Crippen LogP contribution in [0.4, 0.5) is 4.79 Å². The highest BCUT2D eigenvalue weighted by molar-refractivity contribution is 7.90. The van der Waals surface area contributed by atoms with Gasteiger partial charge in [-0.2, -0.15) is 4.98 Å². The summed E-state index contributed by atoms with van der Waals surface area (Å²) in [4.78, 5) is 45.1. The molecule has 2 aliphatic rings. The van der Waals surface area contributed by atoms with Gasteiger partial charge in [-0.3, -0.25) is 14.5 Å². The zero-order chi connectivity index (χ0) is 24.5. The first-order chi connectivity index (χ1) is 16.2. The third-order valence-electron chi connectivity index (χ3n) is 6.00. The second-order valence-electron chi connectivity index (χ2n) is 8.44. The molecule has 2 aromatic rings. The van der Waals surface area contributed by atoms with Crippen molar-refractivity contribution in [3.8, 4) is 5.75 Å². The van der Waals surface area contributed by atoms with Crippen LogP contribution in [0.25, 0.3) is 0 Å². The van der Waals surface area contributed by atoms with Crippen LogP contribution in [0.2, 0.25) is 0 Å². The summed E-state index contributed by atoms with van der Waals surface area (Å²) in [6.45, 7) is 0.828. The van der Waals surface area contributed by atoms with Gasteiger partial charge in [0.05, 0.1) is 11.8 Å². The predicted octanol–water partition coefficient (Wildman–Crippen LogP) is 0.923. The van der Waals surface area contributed by atoms with E-state index in [0.717, 1.165) is 11.8 Å². The van der Waals surface area contributed by atoms with E-state index >= 15 is 0 Å². The average molecular weight is 491 g/mol. The minimum atomic E-state index is -3.30. The third-order valence-corrected chi connectivity index (χ3v) is 6.92. The minimum absolute atomic E-state index is 0.0513. The van der Waals surface area contributed by atoms with Crippen molar-refractivity contribution in [3.63, 3.8) is 0 Å². The van der Waals surface area contributed by atoms with E-state index in [1.54, 1.807) is 0 Å². The highest BCUT2D eigenvalue weighted by Gasteiger charge is 2.38. The lowest BCUT2D eigenvalue weighted by Crippen LogP contribution is -2.46. The quantitative estimate of drug-likeness (QED) is 0.631. The number of nitrogens with zero attached hydrogens (tertiary/aromatic N) is 4. The summed E-state index contributed by atoms with van der Waals surface area (Å²) in [5.74, 6) is -1.45. The van der Waals surface area contributed by atoms with E-state index in [-0.39, 0.29) is 43.5 Å². The smallest absolute Gasteiger partial charge is 0.410 e. The molecule has 0 saturated carbocycles. The van der Waals surface area contributed by atoms with Crippen molar-refractivity contribution < 1.29 is 27.9 Å². The molecule has 0 bridgehead atoms. The van der Waals surface area contributed by atoms with E-state index in [2.05, 4.69) is 4.98 Å². The van der Waals surface area contributed by atoms with Crippen LogP contribution < -0.4 is 5.56 Å². The Morgan fingerprint density at radius 3 is 2.62 bits per heavy atom. The fraction of sp³-hybridized carbons (Fsp3) is 0.455. The second kappa shape index (κ2) is 9.45.